The molecule has 0 amide bonds. The zero-order valence-corrected chi connectivity index (χ0v) is 14.7. The summed E-state index contributed by atoms with van der Waals surface area (Å²) in [4.78, 5) is 26.6. The molecule has 0 aliphatic rings. The van der Waals surface area contributed by atoms with E-state index in [2.05, 4.69) is 4.98 Å². The van der Waals surface area contributed by atoms with Crippen LogP contribution in [0.4, 0.5) is 0 Å². The summed E-state index contributed by atoms with van der Waals surface area (Å²) in [5.41, 5.74) is -0.0272. The minimum absolute atomic E-state index is 0.0407. The van der Waals surface area contributed by atoms with E-state index in [9.17, 15) is 9.59 Å². The maximum Gasteiger partial charge on any atom is 0.266 e. The first-order chi connectivity index (χ1) is 10.2. The Morgan fingerprint density at radius 3 is 2.55 bits per heavy atom. The zero-order valence-electron chi connectivity index (χ0n) is 12.4. The Kier molecular flexibility index (Phi) is 4.95. The number of nitrogens with one attached hydrogen (secondary N) is 1. The number of carbonyl (C=O) groups is 1. The van der Waals surface area contributed by atoms with Crippen LogP contribution in [-0.4, -0.2) is 10.8 Å². The van der Waals surface area contributed by atoms with Gasteiger partial charge in [-0.3, -0.25) is 9.59 Å². The third-order valence-corrected chi connectivity index (χ3v) is 4.46. The Hall–Kier alpha value is -1.36. The van der Waals surface area contributed by atoms with Gasteiger partial charge in [-0.15, -0.1) is 11.3 Å². The van der Waals surface area contributed by atoms with Gasteiger partial charge < -0.3 is 4.98 Å². The standard InChI is InChI=1S/C16H15Cl2NO2S/c1-16(2,3)13(20)8-14-19-15(21)12(22-14)6-9-4-5-10(17)7-11(9)18/h4-8H,1-3H3,(H,19,21). The summed E-state index contributed by atoms with van der Waals surface area (Å²) in [5, 5.41) is 1.00. The number of halogens is 2. The Balaban J connectivity index is 2.51. The third kappa shape index (κ3) is 4.09. The largest absolute Gasteiger partial charge is 0.313 e. The summed E-state index contributed by atoms with van der Waals surface area (Å²) in [6.07, 6.45) is 3.15. The van der Waals surface area contributed by atoms with E-state index in [-0.39, 0.29) is 11.3 Å². The van der Waals surface area contributed by atoms with Gasteiger partial charge in [-0.1, -0.05) is 50.0 Å². The highest BCUT2D eigenvalue weighted by Crippen LogP contribution is 2.21. The number of carbonyl (C=O) groups excluding carboxylic acids is 1. The monoisotopic (exact) mass is 355 g/mol. The molecule has 1 heterocycles. The molecule has 0 aliphatic carbocycles. The van der Waals surface area contributed by atoms with Crippen LogP contribution in [0.2, 0.25) is 10.0 Å². The summed E-state index contributed by atoms with van der Waals surface area (Å²) >= 11 is 13.2. The number of H-pyrrole nitrogens is 1. The molecule has 0 unspecified atom stereocenters. The summed E-state index contributed by atoms with van der Waals surface area (Å²) in [5.74, 6) is -0.0407. The van der Waals surface area contributed by atoms with Gasteiger partial charge in [-0.05, 0) is 23.8 Å². The highest BCUT2D eigenvalue weighted by molar-refractivity contribution is 7.07. The van der Waals surface area contributed by atoms with Gasteiger partial charge in [0.05, 0.1) is 9.20 Å². The second-order valence-corrected chi connectivity index (χ2v) is 7.78. The van der Waals surface area contributed by atoms with E-state index in [0.717, 1.165) is 0 Å². The van der Waals surface area contributed by atoms with Gasteiger partial charge in [0, 0.05) is 21.5 Å². The lowest BCUT2D eigenvalue weighted by atomic mass is 9.91. The van der Waals surface area contributed by atoms with E-state index in [0.29, 0.717) is 24.8 Å². The van der Waals surface area contributed by atoms with Crippen LogP contribution in [0.15, 0.2) is 23.0 Å². The number of hydrogen-bond acceptors (Lipinski definition) is 3. The molecule has 3 nitrogen and oxygen atoms in total. The number of aromatic amines is 1. The molecule has 22 heavy (non-hydrogen) atoms. The molecule has 1 aromatic carbocycles. The van der Waals surface area contributed by atoms with E-state index in [4.69, 9.17) is 23.2 Å². The highest BCUT2D eigenvalue weighted by Gasteiger charge is 2.18. The van der Waals surface area contributed by atoms with E-state index in [1.807, 2.05) is 20.8 Å². The van der Waals surface area contributed by atoms with Gasteiger partial charge in [0.25, 0.3) is 5.56 Å². The Morgan fingerprint density at radius 1 is 1.27 bits per heavy atom. The first kappa shape index (κ1) is 17.0. The smallest absolute Gasteiger partial charge is 0.266 e. The maximum absolute atomic E-state index is 12.0. The van der Waals surface area contributed by atoms with Gasteiger partial charge >= 0.3 is 0 Å². The molecule has 0 saturated heterocycles. The molecule has 6 heteroatoms. The van der Waals surface area contributed by atoms with Crippen molar-refractivity contribution >= 4 is 52.5 Å². The van der Waals surface area contributed by atoms with Crippen LogP contribution in [0.5, 0.6) is 0 Å². The number of ketones is 1. The van der Waals surface area contributed by atoms with Gasteiger partial charge in [-0.25, -0.2) is 0 Å². The molecule has 0 aliphatic heterocycles. The van der Waals surface area contributed by atoms with E-state index < -0.39 is 5.41 Å². The average molecular weight is 356 g/mol. The molecule has 2 aromatic rings. The van der Waals surface area contributed by atoms with E-state index in [1.165, 1.54) is 17.4 Å². The highest BCUT2D eigenvalue weighted by atomic mass is 35.5. The van der Waals surface area contributed by atoms with Crippen LogP contribution in [0, 0.1) is 5.41 Å². The fourth-order valence-corrected chi connectivity index (χ4v) is 2.96. The number of Topliss-reactive ketones (excluding diaryl/α,β-unsaturated/α-hetero) is 1. The van der Waals surface area contributed by atoms with Crippen molar-refractivity contribution in [2.45, 2.75) is 20.8 Å². The van der Waals surface area contributed by atoms with Crippen molar-refractivity contribution in [3.63, 3.8) is 0 Å². The summed E-state index contributed by atoms with van der Waals surface area (Å²) in [6.45, 7) is 5.49. The van der Waals surface area contributed by atoms with Gasteiger partial charge in [0.2, 0.25) is 0 Å². The summed E-state index contributed by atoms with van der Waals surface area (Å²) in [6, 6.07) is 5.07. The van der Waals surface area contributed by atoms with Crippen LogP contribution in [0.3, 0.4) is 0 Å². The zero-order chi connectivity index (χ0) is 16.5. The Bertz CT molecular complexity index is 888. The fraction of sp³-hybridized carbons (Fsp3) is 0.250. The lowest BCUT2D eigenvalue weighted by molar-refractivity contribution is -0.119. The van der Waals surface area contributed by atoms with Crippen molar-refractivity contribution in [3.8, 4) is 0 Å². The molecule has 0 bridgehead atoms. The van der Waals surface area contributed by atoms with Gasteiger partial charge in [0.15, 0.2) is 5.78 Å². The first-order valence-corrected chi connectivity index (χ1v) is 8.16. The van der Waals surface area contributed by atoms with Gasteiger partial charge in [0.1, 0.15) is 0 Å². The predicted molar refractivity (Wildman–Crippen MR) is 93.1 cm³/mol. The lowest BCUT2D eigenvalue weighted by Gasteiger charge is -2.12. The van der Waals surface area contributed by atoms with Crippen molar-refractivity contribution in [1.82, 2.24) is 4.98 Å². The summed E-state index contributed by atoms with van der Waals surface area (Å²) < 4.78 is 1.01. The second-order valence-electron chi connectivity index (χ2n) is 5.85. The third-order valence-electron chi connectivity index (χ3n) is 2.93. The number of rotatable bonds is 2. The number of thiazole rings is 1. The van der Waals surface area contributed by atoms with Crippen LogP contribution in [0.1, 0.15) is 26.3 Å². The van der Waals surface area contributed by atoms with Crippen molar-refractivity contribution in [2.24, 2.45) is 5.41 Å². The molecule has 116 valence electrons. The molecule has 0 atom stereocenters. The topological polar surface area (TPSA) is 49.9 Å². The first-order valence-electron chi connectivity index (χ1n) is 6.59. The van der Waals surface area contributed by atoms with Crippen LogP contribution >= 0.6 is 34.5 Å². The van der Waals surface area contributed by atoms with Crippen molar-refractivity contribution in [1.29, 1.82) is 0 Å². The fourth-order valence-electron chi connectivity index (χ4n) is 1.62. The number of benzene rings is 1. The average Bonchev–Trinajstić information content (AvgIpc) is 2.72. The van der Waals surface area contributed by atoms with Gasteiger partial charge in [-0.2, -0.15) is 0 Å². The second kappa shape index (κ2) is 6.41. The maximum atomic E-state index is 12.0. The van der Waals surface area contributed by atoms with Crippen molar-refractivity contribution in [3.05, 3.63) is 53.4 Å². The molecule has 1 N–H and O–H groups in total. The predicted octanol–water partition coefficient (Wildman–Crippen LogP) is 2.97. The minimum Gasteiger partial charge on any atom is -0.313 e. The van der Waals surface area contributed by atoms with E-state index >= 15 is 0 Å². The molecule has 0 spiro atoms. The van der Waals surface area contributed by atoms with E-state index in [1.54, 1.807) is 24.3 Å². The summed E-state index contributed by atoms with van der Waals surface area (Å²) in [7, 11) is 0. The molecule has 2 rings (SSSR count). The SMILES string of the molecule is CC(C)(C)C(=O)C=c1[nH]c(=O)c(=Cc2ccc(Cl)cc2Cl)s1. The number of hydrogen-bond donors (Lipinski definition) is 1. The van der Waals surface area contributed by atoms with Crippen LogP contribution in [-0.2, 0) is 4.79 Å². The molecular formula is C16H15Cl2NO2S. The van der Waals surface area contributed by atoms with Crippen LogP contribution in [0.25, 0.3) is 12.2 Å². The Morgan fingerprint density at radius 2 is 1.95 bits per heavy atom. The number of aromatic nitrogens is 1. The quantitative estimate of drug-likeness (QED) is 0.900. The minimum atomic E-state index is -0.482. The normalized spacial score (nSPS) is 13.7. The Labute approximate surface area is 141 Å². The molecule has 0 fully saturated rings. The van der Waals surface area contributed by atoms with Crippen molar-refractivity contribution < 1.29 is 4.79 Å². The molecule has 1 aromatic heterocycles. The molecule has 0 radical (unpaired) electrons. The molecular weight excluding hydrogens is 341 g/mol. The lowest BCUT2D eigenvalue weighted by Crippen LogP contribution is -2.22. The molecule has 0 saturated carbocycles. The van der Waals surface area contributed by atoms with Crippen molar-refractivity contribution in [2.75, 3.05) is 0 Å². The van der Waals surface area contributed by atoms with Crippen LogP contribution < -0.4 is 14.8 Å².